The molecule has 0 heterocycles. The van der Waals surface area contributed by atoms with Gasteiger partial charge in [0.1, 0.15) is 5.78 Å². The number of Topliss-reactive ketones (excluding diaryl/α,β-unsaturated/α-hetero) is 1. The number of carbonyl (C=O) groups excluding carboxylic acids is 1. The van der Waals surface area contributed by atoms with E-state index < -0.39 is 0 Å². The third-order valence-electron chi connectivity index (χ3n) is 1.86. The second kappa shape index (κ2) is 2.81. The van der Waals surface area contributed by atoms with Gasteiger partial charge in [-0.05, 0) is 19.8 Å². The lowest BCUT2D eigenvalue weighted by Gasteiger charge is -2.11. The Balaban J connectivity index is 2.44. The SMILES string of the molecule is CC=C1CCC(=O)CC1. The lowest BCUT2D eigenvalue weighted by molar-refractivity contribution is -0.119. The predicted molar refractivity (Wildman–Crippen MR) is 37.2 cm³/mol. The maximum atomic E-state index is 10.7. The van der Waals surface area contributed by atoms with Crippen molar-refractivity contribution in [3.63, 3.8) is 0 Å². The van der Waals surface area contributed by atoms with Gasteiger partial charge in [0.25, 0.3) is 0 Å². The molecule has 0 aliphatic heterocycles. The second-order valence-electron chi connectivity index (χ2n) is 2.49. The standard InChI is InChI=1S/C8H12O/c1-2-7-3-5-8(9)6-4-7/h2H,3-6H2,1H3. The first-order chi connectivity index (χ1) is 4.33. The van der Waals surface area contributed by atoms with E-state index in [2.05, 4.69) is 6.08 Å². The number of allylic oxidation sites excluding steroid dienone is 2. The van der Waals surface area contributed by atoms with Crippen LogP contribution in [0.25, 0.3) is 0 Å². The van der Waals surface area contributed by atoms with Crippen molar-refractivity contribution < 1.29 is 4.79 Å². The maximum Gasteiger partial charge on any atom is 0.133 e. The highest BCUT2D eigenvalue weighted by Crippen LogP contribution is 2.19. The highest BCUT2D eigenvalue weighted by Gasteiger charge is 2.10. The summed E-state index contributed by atoms with van der Waals surface area (Å²) in [5, 5.41) is 0. The Morgan fingerprint density at radius 1 is 1.22 bits per heavy atom. The van der Waals surface area contributed by atoms with Crippen LogP contribution in [0, 0.1) is 0 Å². The van der Waals surface area contributed by atoms with E-state index in [1.807, 2.05) is 6.92 Å². The quantitative estimate of drug-likeness (QED) is 0.452. The molecule has 1 nitrogen and oxygen atoms in total. The molecule has 0 atom stereocenters. The Morgan fingerprint density at radius 3 is 2.22 bits per heavy atom. The minimum atomic E-state index is 0.431. The van der Waals surface area contributed by atoms with Crippen LogP contribution < -0.4 is 0 Å². The fourth-order valence-corrected chi connectivity index (χ4v) is 1.14. The number of ketones is 1. The number of rotatable bonds is 0. The van der Waals surface area contributed by atoms with Gasteiger partial charge in [-0.15, -0.1) is 0 Å². The molecule has 0 saturated heterocycles. The molecule has 0 amide bonds. The molecule has 1 fully saturated rings. The molecule has 1 aliphatic rings. The summed E-state index contributed by atoms with van der Waals surface area (Å²) in [7, 11) is 0. The largest absolute Gasteiger partial charge is 0.300 e. The zero-order chi connectivity index (χ0) is 6.69. The first kappa shape index (κ1) is 6.53. The van der Waals surface area contributed by atoms with Crippen molar-refractivity contribution in [1.82, 2.24) is 0 Å². The molecular formula is C8H12O. The molecule has 0 aromatic rings. The van der Waals surface area contributed by atoms with Crippen molar-refractivity contribution in [3.05, 3.63) is 11.6 Å². The normalized spacial score (nSPS) is 20.1. The lowest BCUT2D eigenvalue weighted by Crippen LogP contribution is -2.05. The molecular weight excluding hydrogens is 112 g/mol. The number of hydrogen-bond acceptors (Lipinski definition) is 1. The van der Waals surface area contributed by atoms with E-state index in [1.54, 1.807) is 0 Å². The molecule has 1 aliphatic carbocycles. The monoisotopic (exact) mass is 124 g/mol. The van der Waals surface area contributed by atoms with Crippen molar-refractivity contribution in [1.29, 1.82) is 0 Å². The fourth-order valence-electron chi connectivity index (χ4n) is 1.14. The van der Waals surface area contributed by atoms with E-state index in [0.717, 1.165) is 25.7 Å². The first-order valence-corrected chi connectivity index (χ1v) is 3.48. The topological polar surface area (TPSA) is 17.1 Å². The fraction of sp³-hybridized carbons (Fsp3) is 0.625. The van der Waals surface area contributed by atoms with Crippen LogP contribution in [0.15, 0.2) is 11.6 Å². The molecule has 0 radical (unpaired) electrons. The Labute approximate surface area is 55.8 Å². The van der Waals surface area contributed by atoms with Gasteiger partial charge in [-0.3, -0.25) is 4.79 Å². The molecule has 1 heteroatoms. The minimum absolute atomic E-state index is 0.431. The molecule has 1 saturated carbocycles. The molecule has 50 valence electrons. The molecule has 0 bridgehead atoms. The summed E-state index contributed by atoms with van der Waals surface area (Å²) in [6.07, 6.45) is 5.70. The molecule has 9 heavy (non-hydrogen) atoms. The third kappa shape index (κ3) is 1.67. The van der Waals surface area contributed by atoms with Crippen molar-refractivity contribution in [2.24, 2.45) is 0 Å². The molecule has 0 aromatic carbocycles. The third-order valence-corrected chi connectivity index (χ3v) is 1.86. The summed E-state index contributed by atoms with van der Waals surface area (Å²) in [5.41, 5.74) is 1.45. The highest BCUT2D eigenvalue weighted by molar-refractivity contribution is 5.80. The van der Waals surface area contributed by atoms with Gasteiger partial charge in [0.2, 0.25) is 0 Å². The average Bonchev–Trinajstić information content (AvgIpc) is 1.90. The molecule has 1 rings (SSSR count). The summed E-state index contributed by atoms with van der Waals surface area (Å²) in [6.45, 7) is 2.05. The second-order valence-corrected chi connectivity index (χ2v) is 2.49. The van der Waals surface area contributed by atoms with Gasteiger partial charge >= 0.3 is 0 Å². The van der Waals surface area contributed by atoms with E-state index in [4.69, 9.17) is 0 Å². The summed E-state index contributed by atoms with van der Waals surface area (Å²) in [5.74, 6) is 0.431. The molecule has 0 spiro atoms. The Hall–Kier alpha value is -0.590. The van der Waals surface area contributed by atoms with Gasteiger partial charge in [-0.2, -0.15) is 0 Å². The Morgan fingerprint density at radius 2 is 1.78 bits per heavy atom. The maximum absolute atomic E-state index is 10.7. The van der Waals surface area contributed by atoms with Gasteiger partial charge in [-0.25, -0.2) is 0 Å². The van der Waals surface area contributed by atoms with Crippen LogP contribution in [0.3, 0.4) is 0 Å². The number of carbonyl (C=O) groups is 1. The van der Waals surface area contributed by atoms with Gasteiger partial charge in [0.15, 0.2) is 0 Å². The van der Waals surface area contributed by atoms with E-state index in [-0.39, 0.29) is 0 Å². The van der Waals surface area contributed by atoms with E-state index in [0.29, 0.717) is 5.78 Å². The van der Waals surface area contributed by atoms with Crippen LogP contribution in [0.4, 0.5) is 0 Å². The minimum Gasteiger partial charge on any atom is -0.300 e. The van der Waals surface area contributed by atoms with Gasteiger partial charge in [-0.1, -0.05) is 11.6 Å². The Kier molecular flexibility index (Phi) is 2.04. The summed E-state index contributed by atoms with van der Waals surface area (Å²) < 4.78 is 0. The summed E-state index contributed by atoms with van der Waals surface area (Å²) in [6, 6.07) is 0. The highest BCUT2D eigenvalue weighted by atomic mass is 16.1. The van der Waals surface area contributed by atoms with Crippen LogP contribution in [0.2, 0.25) is 0 Å². The van der Waals surface area contributed by atoms with Gasteiger partial charge in [0.05, 0.1) is 0 Å². The van der Waals surface area contributed by atoms with Gasteiger partial charge in [0, 0.05) is 12.8 Å². The number of hydrogen-bond donors (Lipinski definition) is 0. The van der Waals surface area contributed by atoms with Crippen molar-refractivity contribution in [2.45, 2.75) is 32.6 Å². The lowest BCUT2D eigenvalue weighted by atomic mass is 9.94. The van der Waals surface area contributed by atoms with Crippen molar-refractivity contribution in [3.8, 4) is 0 Å². The Bertz CT molecular complexity index is 133. The van der Waals surface area contributed by atoms with Crippen LogP contribution in [-0.4, -0.2) is 5.78 Å². The zero-order valence-corrected chi connectivity index (χ0v) is 5.81. The van der Waals surface area contributed by atoms with E-state index >= 15 is 0 Å². The summed E-state index contributed by atoms with van der Waals surface area (Å²) in [4.78, 5) is 10.7. The predicted octanol–water partition coefficient (Wildman–Crippen LogP) is 2.08. The van der Waals surface area contributed by atoms with Crippen LogP contribution in [0.5, 0.6) is 0 Å². The molecule has 0 N–H and O–H groups in total. The molecule has 0 unspecified atom stereocenters. The van der Waals surface area contributed by atoms with E-state index in [1.165, 1.54) is 5.57 Å². The van der Waals surface area contributed by atoms with Crippen LogP contribution >= 0.6 is 0 Å². The first-order valence-electron chi connectivity index (χ1n) is 3.48. The smallest absolute Gasteiger partial charge is 0.133 e. The van der Waals surface area contributed by atoms with Crippen molar-refractivity contribution in [2.75, 3.05) is 0 Å². The average molecular weight is 124 g/mol. The zero-order valence-electron chi connectivity index (χ0n) is 5.81. The van der Waals surface area contributed by atoms with Crippen LogP contribution in [-0.2, 0) is 4.79 Å². The molecule has 0 aromatic heterocycles. The summed E-state index contributed by atoms with van der Waals surface area (Å²) >= 11 is 0. The van der Waals surface area contributed by atoms with Crippen molar-refractivity contribution >= 4 is 5.78 Å². The van der Waals surface area contributed by atoms with E-state index in [9.17, 15) is 4.79 Å². The van der Waals surface area contributed by atoms with Crippen LogP contribution in [0.1, 0.15) is 32.6 Å². The van der Waals surface area contributed by atoms with Gasteiger partial charge < -0.3 is 0 Å².